The van der Waals surface area contributed by atoms with Gasteiger partial charge in [0, 0.05) is 0 Å². The Labute approximate surface area is 127 Å². The number of alkyl halides is 3. The van der Waals surface area contributed by atoms with E-state index in [0.717, 1.165) is 5.56 Å². The first-order valence-electron chi connectivity index (χ1n) is 5.95. The summed E-state index contributed by atoms with van der Waals surface area (Å²) < 4.78 is 3.47. The molecule has 0 radical (unpaired) electrons. The van der Waals surface area contributed by atoms with Crippen LogP contribution in [0.2, 0.25) is 0 Å². The second-order valence-electron chi connectivity index (χ2n) is 4.57. The molecule has 1 heterocycles. The van der Waals surface area contributed by atoms with E-state index in [0.29, 0.717) is 6.42 Å². The van der Waals surface area contributed by atoms with E-state index in [1.807, 2.05) is 37.3 Å². The maximum Gasteiger partial charge on any atom is 0.272 e. The van der Waals surface area contributed by atoms with Crippen molar-refractivity contribution in [3.8, 4) is 0 Å². The minimum Gasteiger partial charge on any atom is -0.368 e. The maximum atomic E-state index is 11.7. The van der Waals surface area contributed by atoms with Gasteiger partial charge < -0.3 is 10.1 Å². The molecular weight excluding hydrogens is 309 g/mol. The van der Waals surface area contributed by atoms with Crippen molar-refractivity contribution in [1.82, 2.24) is 5.32 Å². The van der Waals surface area contributed by atoms with Gasteiger partial charge in [0.15, 0.2) is 0 Å². The molecule has 0 aliphatic carbocycles. The summed E-state index contributed by atoms with van der Waals surface area (Å²) in [5, 5.41) is 2.74. The zero-order valence-corrected chi connectivity index (χ0v) is 12.5. The van der Waals surface area contributed by atoms with Gasteiger partial charge in [-0.3, -0.25) is 4.79 Å². The summed E-state index contributed by atoms with van der Waals surface area (Å²) in [4.78, 5) is 11.7. The number of hydrogen-bond donors (Lipinski definition) is 1. The van der Waals surface area contributed by atoms with Gasteiger partial charge in [0.2, 0.25) is 0 Å². The molecule has 1 amide bonds. The van der Waals surface area contributed by atoms with Crippen LogP contribution in [0.5, 0.6) is 0 Å². The first kappa shape index (κ1) is 14.9. The molecule has 0 aromatic heterocycles. The van der Waals surface area contributed by atoms with Gasteiger partial charge in [-0.2, -0.15) is 0 Å². The Bertz CT molecular complexity index is 447. The summed E-state index contributed by atoms with van der Waals surface area (Å²) in [6.07, 6.45) is 0.725. The number of benzene rings is 1. The molecule has 0 saturated carbocycles. The van der Waals surface area contributed by atoms with Crippen molar-refractivity contribution in [2.75, 3.05) is 0 Å². The van der Waals surface area contributed by atoms with Crippen molar-refractivity contribution in [3.63, 3.8) is 0 Å². The molecule has 1 aromatic rings. The Morgan fingerprint density at radius 2 is 1.95 bits per heavy atom. The van der Waals surface area contributed by atoms with Crippen LogP contribution < -0.4 is 5.32 Å². The van der Waals surface area contributed by atoms with E-state index in [-0.39, 0.29) is 18.2 Å². The second kappa shape index (κ2) is 5.88. The van der Waals surface area contributed by atoms with E-state index in [9.17, 15) is 4.79 Å². The third kappa shape index (κ3) is 4.25. The third-order valence-corrected chi connectivity index (χ3v) is 3.54. The molecule has 1 aliphatic heterocycles. The second-order valence-corrected chi connectivity index (χ2v) is 6.85. The molecule has 3 atom stereocenters. The van der Waals surface area contributed by atoms with Crippen LogP contribution in [0.25, 0.3) is 0 Å². The van der Waals surface area contributed by atoms with E-state index in [1.165, 1.54) is 0 Å². The van der Waals surface area contributed by atoms with Crippen molar-refractivity contribution >= 4 is 40.7 Å². The summed E-state index contributed by atoms with van der Waals surface area (Å²) in [7, 11) is 0. The van der Waals surface area contributed by atoms with Gasteiger partial charge in [0.25, 0.3) is 9.70 Å². The highest BCUT2D eigenvalue weighted by molar-refractivity contribution is 6.76. The molecule has 1 aliphatic rings. The molecule has 1 aromatic carbocycles. The fourth-order valence-corrected chi connectivity index (χ4v) is 2.16. The summed E-state index contributed by atoms with van der Waals surface area (Å²) in [6, 6.07) is 9.61. The lowest BCUT2D eigenvalue weighted by Gasteiger charge is -2.20. The average Bonchev–Trinajstić information content (AvgIpc) is 3.05. The number of amides is 1. The van der Waals surface area contributed by atoms with Crippen LogP contribution in [0.3, 0.4) is 0 Å². The number of halogens is 3. The lowest BCUT2D eigenvalue weighted by molar-refractivity contribution is -0.121. The molecule has 0 bridgehead atoms. The average molecular weight is 323 g/mol. The number of ether oxygens (including phenoxy) is 1. The minimum atomic E-state index is -1.95. The van der Waals surface area contributed by atoms with Crippen LogP contribution in [-0.2, 0) is 16.0 Å². The van der Waals surface area contributed by atoms with E-state index in [4.69, 9.17) is 39.5 Å². The number of hydrogen-bond acceptors (Lipinski definition) is 2. The number of nitrogens with one attached hydrogen (secondary N) is 1. The summed E-state index contributed by atoms with van der Waals surface area (Å²) in [5.41, 5.74) is 1.10. The Kier molecular flexibility index (Phi) is 4.62. The van der Waals surface area contributed by atoms with Crippen LogP contribution in [0.4, 0.5) is 0 Å². The van der Waals surface area contributed by atoms with Crippen molar-refractivity contribution < 1.29 is 9.53 Å². The first-order chi connectivity index (χ1) is 8.88. The van der Waals surface area contributed by atoms with Crippen LogP contribution >= 0.6 is 34.8 Å². The van der Waals surface area contributed by atoms with Gasteiger partial charge in [-0.15, -0.1) is 0 Å². The fourth-order valence-electron chi connectivity index (χ4n) is 1.99. The van der Waals surface area contributed by atoms with Crippen molar-refractivity contribution in [2.24, 2.45) is 0 Å². The van der Waals surface area contributed by atoms with Crippen molar-refractivity contribution in [1.29, 1.82) is 0 Å². The van der Waals surface area contributed by atoms with Crippen molar-refractivity contribution in [3.05, 3.63) is 35.9 Å². The van der Waals surface area contributed by atoms with E-state index in [1.54, 1.807) is 0 Å². The molecule has 1 saturated heterocycles. The summed E-state index contributed by atoms with van der Waals surface area (Å²) in [6.45, 7) is 1.95. The third-order valence-electron chi connectivity index (χ3n) is 3.03. The molecule has 0 spiro atoms. The van der Waals surface area contributed by atoms with Gasteiger partial charge in [0.05, 0.1) is 12.1 Å². The first-order valence-corrected chi connectivity index (χ1v) is 7.08. The minimum absolute atomic E-state index is 0.0310. The zero-order valence-electron chi connectivity index (χ0n) is 10.3. The van der Waals surface area contributed by atoms with Crippen LogP contribution in [0, 0.1) is 0 Å². The molecule has 1 N–H and O–H groups in total. The topological polar surface area (TPSA) is 41.6 Å². The van der Waals surface area contributed by atoms with Gasteiger partial charge in [-0.1, -0.05) is 65.1 Å². The fraction of sp³-hybridized carbons (Fsp3) is 0.462. The summed E-state index contributed by atoms with van der Waals surface area (Å²) in [5.74, 6) is -0.624. The van der Waals surface area contributed by atoms with Crippen molar-refractivity contribution in [2.45, 2.75) is 35.4 Å². The number of epoxide rings is 1. The van der Waals surface area contributed by atoms with E-state index in [2.05, 4.69) is 5.32 Å². The predicted octanol–water partition coefficient (Wildman–Crippen LogP) is 2.87. The lowest BCUT2D eigenvalue weighted by atomic mass is 10.0. The predicted molar refractivity (Wildman–Crippen MR) is 76.7 cm³/mol. The normalized spacial score (nSPS) is 23.8. The molecular formula is C13H14Cl3NO2. The van der Waals surface area contributed by atoms with Crippen LogP contribution in [-0.4, -0.2) is 27.9 Å². The maximum absolute atomic E-state index is 11.7. The highest BCUT2D eigenvalue weighted by Gasteiger charge is 2.44. The zero-order chi connectivity index (χ0) is 14.0. The van der Waals surface area contributed by atoms with Gasteiger partial charge in [0.1, 0.15) is 6.10 Å². The van der Waals surface area contributed by atoms with Crippen LogP contribution in [0.1, 0.15) is 12.5 Å². The number of rotatable bonds is 4. The molecule has 3 nitrogen and oxygen atoms in total. The largest absolute Gasteiger partial charge is 0.368 e. The summed E-state index contributed by atoms with van der Waals surface area (Å²) >= 11 is 16.7. The van der Waals surface area contributed by atoms with Crippen LogP contribution in [0.15, 0.2) is 30.3 Å². The Balaban J connectivity index is 2.03. The van der Waals surface area contributed by atoms with Gasteiger partial charge in [-0.05, 0) is 18.9 Å². The molecule has 1 fully saturated rings. The standard InChI is InChI=1S/C13H14Cl3NO2/c1-8-11(19-8)10(17-12(18)13(14,15)16)7-9-5-3-2-4-6-9/h2-6,8,10-11H,7H2,1H3,(H,17,18)/t8-,10-,11-/m1/s1. The van der Waals surface area contributed by atoms with Gasteiger partial charge in [-0.25, -0.2) is 0 Å². The van der Waals surface area contributed by atoms with Gasteiger partial charge >= 0.3 is 0 Å². The monoisotopic (exact) mass is 321 g/mol. The molecule has 6 heteroatoms. The Morgan fingerprint density at radius 1 is 1.37 bits per heavy atom. The molecule has 0 unspecified atom stereocenters. The molecule has 19 heavy (non-hydrogen) atoms. The highest BCUT2D eigenvalue weighted by atomic mass is 35.6. The molecule has 104 valence electrons. The Morgan fingerprint density at radius 3 is 2.42 bits per heavy atom. The Hall–Kier alpha value is -0.480. The van der Waals surface area contributed by atoms with E-state index < -0.39 is 9.70 Å². The van der Waals surface area contributed by atoms with E-state index >= 15 is 0 Å². The SMILES string of the molecule is C[C@H]1O[C@H]1[C@@H](Cc1ccccc1)NC(=O)C(Cl)(Cl)Cl. The molecule has 2 rings (SSSR count). The quantitative estimate of drug-likeness (QED) is 0.684. The smallest absolute Gasteiger partial charge is 0.272 e. The number of carbonyl (C=O) groups excluding carboxylic acids is 1. The lowest BCUT2D eigenvalue weighted by Crippen LogP contribution is -2.46. The highest BCUT2D eigenvalue weighted by Crippen LogP contribution is 2.30. The number of carbonyl (C=O) groups is 1.